The Hall–Kier alpha value is -2.16. The van der Waals surface area contributed by atoms with Crippen LogP contribution in [0, 0.1) is 0 Å². The first-order valence-corrected chi connectivity index (χ1v) is 7.77. The standard InChI is InChI=1S/C14H25N7O2/c1-5-23-14(22)21-8-6-20(7-9-21)10(2)11-16-12(15)18-13(17-11)19(3)4/h10H,5-9H2,1-4H3,(H2,15,16,17,18). The number of hydrogen-bond donors (Lipinski definition) is 1. The van der Waals surface area contributed by atoms with Gasteiger partial charge in [0.1, 0.15) is 0 Å². The number of anilines is 2. The van der Waals surface area contributed by atoms with Crippen molar-refractivity contribution in [3.8, 4) is 0 Å². The van der Waals surface area contributed by atoms with Gasteiger partial charge in [0.05, 0.1) is 12.6 Å². The van der Waals surface area contributed by atoms with Crippen molar-refractivity contribution in [2.24, 2.45) is 0 Å². The van der Waals surface area contributed by atoms with Gasteiger partial charge in [-0.3, -0.25) is 4.90 Å². The second kappa shape index (κ2) is 7.40. The van der Waals surface area contributed by atoms with Crippen molar-refractivity contribution in [1.82, 2.24) is 24.8 Å². The third-order valence-electron chi connectivity index (χ3n) is 3.82. The highest BCUT2D eigenvalue weighted by Crippen LogP contribution is 2.20. The largest absolute Gasteiger partial charge is 0.450 e. The number of amides is 1. The van der Waals surface area contributed by atoms with Crippen LogP contribution < -0.4 is 10.6 Å². The summed E-state index contributed by atoms with van der Waals surface area (Å²) in [5, 5.41) is 0. The Bertz CT molecular complexity index is 544. The zero-order chi connectivity index (χ0) is 17.0. The summed E-state index contributed by atoms with van der Waals surface area (Å²) < 4.78 is 5.03. The minimum Gasteiger partial charge on any atom is -0.450 e. The first-order chi connectivity index (χ1) is 10.9. The van der Waals surface area contributed by atoms with Crippen LogP contribution in [-0.2, 0) is 4.74 Å². The van der Waals surface area contributed by atoms with E-state index in [1.165, 1.54) is 0 Å². The van der Waals surface area contributed by atoms with Gasteiger partial charge >= 0.3 is 6.09 Å². The van der Waals surface area contributed by atoms with Crippen molar-refractivity contribution in [2.75, 3.05) is 57.5 Å². The number of rotatable bonds is 4. The maximum atomic E-state index is 11.7. The van der Waals surface area contributed by atoms with Crippen LogP contribution >= 0.6 is 0 Å². The van der Waals surface area contributed by atoms with E-state index in [4.69, 9.17) is 10.5 Å². The van der Waals surface area contributed by atoms with Crippen molar-refractivity contribution in [1.29, 1.82) is 0 Å². The molecule has 2 N–H and O–H groups in total. The average Bonchev–Trinajstić information content (AvgIpc) is 2.54. The van der Waals surface area contributed by atoms with Gasteiger partial charge in [-0.2, -0.15) is 15.0 Å². The molecule has 1 aromatic heterocycles. The van der Waals surface area contributed by atoms with E-state index in [9.17, 15) is 4.79 Å². The average molecular weight is 323 g/mol. The van der Waals surface area contributed by atoms with E-state index in [1.807, 2.05) is 27.9 Å². The molecule has 1 aliphatic heterocycles. The zero-order valence-corrected chi connectivity index (χ0v) is 14.2. The second-order valence-corrected chi connectivity index (χ2v) is 5.64. The lowest BCUT2D eigenvalue weighted by atomic mass is 10.2. The van der Waals surface area contributed by atoms with Crippen LogP contribution in [0.4, 0.5) is 16.7 Å². The predicted molar refractivity (Wildman–Crippen MR) is 87.1 cm³/mol. The normalized spacial score (nSPS) is 17.0. The maximum absolute atomic E-state index is 11.7. The third kappa shape index (κ3) is 4.19. The third-order valence-corrected chi connectivity index (χ3v) is 3.82. The summed E-state index contributed by atoms with van der Waals surface area (Å²) in [4.78, 5) is 30.3. The Morgan fingerprint density at radius 3 is 2.48 bits per heavy atom. The molecule has 2 rings (SSSR count). The van der Waals surface area contributed by atoms with E-state index in [1.54, 1.807) is 9.80 Å². The van der Waals surface area contributed by atoms with Crippen molar-refractivity contribution >= 4 is 18.0 Å². The minimum atomic E-state index is -0.251. The van der Waals surface area contributed by atoms with Crippen LogP contribution in [0.1, 0.15) is 25.7 Å². The van der Waals surface area contributed by atoms with Crippen molar-refractivity contribution in [3.05, 3.63) is 5.82 Å². The number of aromatic nitrogens is 3. The lowest BCUT2D eigenvalue weighted by Crippen LogP contribution is -2.49. The molecule has 2 heterocycles. The quantitative estimate of drug-likeness (QED) is 0.847. The maximum Gasteiger partial charge on any atom is 0.409 e. The van der Waals surface area contributed by atoms with Gasteiger partial charge in [0, 0.05) is 40.3 Å². The Morgan fingerprint density at radius 1 is 1.26 bits per heavy atom. The number of nitrogen functional groups attached to an aromatic ring is 1. The first-order valence-electron chi connectivity index (χ1n) is 7.77. The molecule has 1 fully saturated rings. The fourth-order valence-corrected chi connectivity index (χ4v) is 2.45. The van der Waals surface area contributed by atoms with Crippen LogP contribution in [-0.4, -0.2) is 77.7 Å². The number of hydrogen-bond acceptors (Lipinski definition) is 8. The smallest absolute Gasteiger partial charge is 0.409 e. The molecule has 0 bridgehead atoms. The van der Waals surface area contributed by atoms with Gasteiger partial charge < -0.3 is 20.3 Å². The molecular weight excluding hydrogens is 298 g/mol. The lowest BCUT2D eigenvalue weighted by Gasteiger charge is -2.36. The molecule has 9 heteroatoms. The van der Waals surface area contributed by atoms with E-state index in [2.05, 4.69) is 19.9 Å². The topological polar surface area (TPSA) is 101 Å². The highest BCUT2D eigenvalue weighted by Gasteiger charge is 2.27. The van der Waals surface area contributed by atoms with Crippen LogP contribution in [0.5, 0.6) is 0 Å². The number of nitrogens with two attached hydrogens (primary N) is 1. The molecule has 1 aliphatic rings. The molecule has 128 valence electrons. The lowest BCUT2D eigenvalue weighted by molar-refractivity contribution is 0.0673. The number of carbonyl (C=O) groups excluding carboxylic acids is 1. The van der Waals surface area contributed by atoms with Crippen molar-refractivity contribution < 1.29 is 9.53 Å². The summed E-state index contributed by atoms with van der Waals surface area (Å²) in [5.74, 6) is 1.41. The van der Waals surface area contributed by atoms with E-state index in [-0.39, 0.29) is 18.1 Å². The SMILES string of the molecule is CCOC(=O)N1CCN(C(C)c2nc(N)nc(N(C)C)n2)CC1. The van der Waals surface area contributed by atoms with Crippen LogP contribution in [0.15, 0.2) is 0 Å². The van der Waals surface area contributed by atoms with Gasteiger partial charge in [-0.15, -0.1) is 0 Å². The molecular formula is C14H25N7O2. The van der Waals surface area contributed by atoms with Crippen molar-refractivity contribution in [3.63, 3.8) is 0 Å². The first kappa shape index (κ1) is 17.2. The van der Waals surface area contributed by atoms with E-state index in [0.717, 1.165) is 13.1 Å². The Morgan fingerprint density at radius 2 is 1.91 bits per heavy atom. The molecule has 1 unspecified atom stereocenters. The summed E-state index contributed by atoms with van der Waals surface area (Å²) in [6.45, 7) is 6.98. The number of ether oxygens (including phenoxy) is 1. The molecule has 0 saturated carbocycles. The van der Waals surface area contributed by atoms with Gasteiger partial charge in [-0.25, -0.2) is 4.79 Å². The van der Waals surface area contributed by atoms with Crippen LogP contribution in [0.25, 0.3) is 0 Å². The molecule has 1 atom stereocenters. The molecule has 0 aliphatic carbocycles. The Balaban J connectivity index is 2.02. The van der Waals surface area contributed by atoms with Gasteiger partial charge in [-0.1, -0.05) is 0 Å². The summed E-state index contributed by atoms with van der Waals surface area (Å²) in [5.41, 5.74) is 5.78. The highest BCUT2D eigenvalue weighted by molar-refractivity contribution is 5.67. The van der Waals surface area contributed by atoms with E-state index in [0.29, 0.717) is 31.5 Å². The summed E-state index contributed by atoms with van der Waals surface area (Å²) in [7, 11) is 3.72. The fraction of sp³-hybridized carbons (Fsp3) is 0.714. The zero-order valence-electron chi connectivity index (χ0n) is 14.2. The van der Waals surface area contributed by atoms with Crippen LogP contribution in [0.3, 0.4) is 0 Å². The Kier molecular flexibility index (Phi) is 5.54. The van der Waals surface area contributed by atoms with Gasteiger partial charge in [0.25, 0.3) is 0 Å². The highest BCUT2D eigenvalue weighted by atomic mass is 16.6. The molecule has 23 heavy (non-hydrogen) atoms. The van der Waals surface area contributed by atoms with Gasteiger partial charge in [0.2, 0.25) is 11.9 Å². The number of nitrogens with zero attached hydrogens (tertiary/aromatic N) is 6. The number of piperazine rings is 1. The summed E-state index contributed by atoms with van der Waals surface area (Å²) >= 11 is 0. The Labute approximate surface area is 136 Å². The van der Waals surface area contributed by atoms with Crippen LogP contribution in [0.2, 0.25) is 0 Å². The van der Waals surface area contributed by atoms with Gasteiger partial charge in [-0.05, 0) is 13.8 Å². The molecule has 9 nitrogen and oxygen atoms in total. The van der Waals surface area contributed by atoms with E-state index < -0.39 is 0 Å². The predicted octanol–water partition coefficient (Wildman–Crippen LogP) is 0.355. The fourth-order valence-electron chi connectivity index (χ4n) is 2.45. The monoisotopic (exact) mass is 323 g/mol. The molecule has 1 aromatic rings. The molecule has 1 saturated heterocycles. The number of carbonyl (C=O) groups is 1. The summed E-state index contributed by atoms with van der Waals surface area (Å²) in [6, 6.07) is 0.00310. The van der Waals surface area contributed by atoms with E-state index >= 15 is 0 Å². The van der Waals surface area contributed by atoms with Gasteiger partial charge in [0.15, 0.2) is 5.82 Å². The molecule has 0 spiro atoms. The molecule has 0 aromatic carbocycles. The minimum absolute atomic E-state index is 0.00310. The molecule has 0 radical (unpaired) electrons. The molecule has 1 amide bonds. The van der Waals surface area contributed by atoms with Crippen molar-refractivity contribution in [2.45, 2.75) is 19.9 Å². The summed E-state index contributed by atoms with van der Waals surface area (Å²) in [6.07, 6.45) is -0.251. The second-order valence-electron chi connectivity index (χ2n) is 5.64.